The lowest BCUT2D eigenvalue weighted by atomic mass is 10.1. The largest absolute Gasteiger partial charge is 0.449 e. The molecule has 1 unspecified atom stereocenters. The smallest absolute Gasteiger partial charge is 0.342 e. The summed E-state index contributed by atoms with van der Waals surface area (Å²) in [6.07, 6.45) is 0.916. The van der Waals surface area contributed by atoms with Gasteiger partial charge in [0.25, 0.3) is 5.91 Å². The number of nitrogens with zero attached hydrogens (tertiary/aromatic N) is 1. The highest BCUT2D eigenvalue weighted by atomic mass is 35.5. The Morgan fingerprint density at radius 2 is 2.00 bits per heavy atom. The Bertz CT molecular complexity index is 762. The molecule has 1 atom stereocenters. The van der Waals surface area contributed by atoms with Gasteiger partial charge in [-0.05, 0) is 55.7 Å². The molecule has 1 aromatic heterocycles. The number of hydrogen-bond donors (Lipinski definition) is 1. The van der Waals surface area contributed by atoms with E-state index in [1.807, 2.05) is 32.0 Å². The summed E-state index contributed by atoms with van der Waals surface area (Å²) in [5.41, 5.74) is 3.01. The third-order valence-electron chi connectivity index (χ3n) is 3.67. The molecular weight excluding hydrogens is 328 g/mol. The van der Waals surface area contributed by atoms with Crippen LogP contribution in [0.3, 0.4) is 0 Å². The van der Waals surface area contributed by atoms with Gasteiger partial charge in [-0.2, -0.15) is 0 Å². The SMILES string of the molecule is CCC(OC(=O)c1cccnc1Cl)C(=O)Nc1ccc(C)c(C)c1. The van der Waals surface area contributed by atoms with Gasteiger partial charge in [-0.3, -0.25) is 4.79 Å². The highest BCUT2D eigenvalue weighted by Crippen LogP contribution is 2.17. The molecule has 2 aromatic rings. The number of carbonyl (C=O) groups is 2. The predicted molar refractivity (Wildman–Crippen MR) is 93.3 cm³/mol. The molecule has 0 radical (unpaired) electrons. The number of hydrogen-bond acceptors (Lipinski definition) is 4. The lowest BCUT2D eigenvalue weighted by Crippen LogP contribution is -2.32. The quantitative estimate of drug-likeness (QED) is 0.658. The van der Waals surface area contributed by atoms with Gasteiger partial charge in [0, 0.05) is 11.9 Å². The molecule has 0 aliphatic rings. The van der Waals surface area contributed by atoms with E-state index in [2.05, 4.69) is 10.3 Å². The second kappa shape index (κ2) is 7.93. The molecular formula is C18H19ClN2O3. The van der Waals surface area contributed by atoms with Crippen LogP contribution in [0.15, 0.2) is 36.5 Å². The van der Waals surface area contributed by atoms with Crippen LogP contribution < -0.4 is 5.32 Å². The van der Waals surface area contributed by atoms with Crippen LogP contribution in [0.2, 0.25) is 5.15 Å². The van der Waals surface area contributed by atoms with Crippen molar-refractivity contribution in [1.29, 1.82) is 0 Å². The van der Waals surface area contributed by atoms with Gasteiger partial charge in [0.2, 0.25) is 0 Å². The molecule has 0 spiro atoms. The molecule has 5 nitrogen and oxygen atoms in total. The molecule has 0 fully saturated rings. The third kappa shape index (κ3) is 4.32. The average Bonchev–Trinajstić information content (AvgIpc) is 2.56. The van der Waals surface area contributed by atoms with Crippen molar-refractivity contribution in [2.24, 2.45) is 0 Å². The minimum absolute atomic E-state index is 0.0481. The highest BCUT2D eigenvalue weighted by molar-refractivity contribution is 6.32. The van der Waals surface area contributed by atoms with Crippen molar-refractivity contribution in [3.05, 3.63) is 58.4 Å². The average molecular weight is 347 g/mol. The number of halogens is 1. The van der Waals surface area contributed by atoms with Gasteiger partial charge >= 0.3 is 5.97 Å². The van der Waals surface area contributed by atoms with Crippen LogP contribution in [0.5, 0.6) is 0 Å². The van der Waals surface area contributed by atoms with Crippen molar-refractivity contribution in [3.8, 4) is 0 Å². The van der Waals surface area contributed by atoms with E-state index in [-0.39, 0.29) is 16.6 Å². The number of ether oxygens (including phenoxy) is 1. The van der Waals surface area contributed by atoms with Crippen molar-refractivity contribution >= 4 is 29.2 Å². The summed E-state index contributed by atoms with van der Waals surface area (Å²) < 4.78 is 5.28. The van der Waals surface area contributed by atoms with E-state index < -0.39 is 12.1 Å². The van der Waals surface area contributed by atoms with Gasteiger partial charge in [0.15, 0.2) is 6.10 Å². The number of esters is 1. The van der Waals surface area contributed by atoms with E-state index in [0.29, 0.717) is 12.1 Å². The molecule has 0 saturated heterocycles. The van der Waals surface area contributed by atoms with Crippen LogP contribution in [0.4, 0.5) is 5.69 Å². The number of amides is 1. The number of carbonyl (C=O) groups excluding carboxylic acids is 2. The first kappa shape index (κ1) is 17.9. The monoisotopic (exact) mass is 346 g/mol. The normalized spacial score (nSPS) is 11.7. The highest BCUT2D eigenvalue weighted by Gasteiger charge is 2.23. The molecule has 0 saturated carbocycles. The Kier molecular flexibility index (Phi) is 5.93. The Morgan fingerprint density at radius 1 is 1.25 bits per heavy atom. The lowest BCUT2D eigenvalue weighted by Gasteiger charge is -2.16. The zero-order valence-electron chi connectivity index (χ0n) is 13.8. The summed E-state index contributed by atoms with van der Waals surface area (Å²) in [7, 11) is 0. The van der Waals surface area contributed by atoms with Crippen molar-refractivity contribution in [3.63, 3.8) is 0 Å². The van der Waals surface area contributed by atoms with E-state index >= 15 is 0 Å². The van der Waals surface area contributed by atoms with Gasteiger partial charge in [0.1, 0.15) is 5.15 Å². The van der Waals surface area contributed by atoms with Crippen LogP contribution in [-0.2, 0) is 9.53 Å². The van der Waals surface area contributed by atoms with Gasteiger partial charge in [-0.25, -0.2) is 9.78 Å². The summed E-state index contributed by atoms with van der Waals surface area (Å²) in [6, 6.07) is 8.70. The molecule has 1 N–H and O–H groups in total. The lowest BCUT2D eigenvalue weighted by molar-refractivity contribution is -0.124. The zero-order valence-corrected chi connectivity index (χ0v) is 14.6. The Morgan fingerprint density at radius 3 is 2.62 bits per heavy atom. The maximum absolute atomic E-state index is 12.4. The number of anilines is 1. The molecule has 1 amide bonds. The number of rotatable bonds is 5. The molecule has 0 aliphatic heterocycles. The molecule has 24 heavy (non-hydrogen) atoms. The number of pyridine rings is 1. The molecule has 1 aromatic carbocycles. The van der Waals surface area contributed by atoms with E-state index in [4.69, 9.17) is 16.3 Å². The molecule has 126 valence electrons. The van der Waals surface area contributed by atoms with E-state index in [1.165, 1.54) is 12.3 Å². The minimum Gasteiger partial charge on any atom is -0.449 e. The summed E-state index contributed by atoms with van der Waals surface area (Å²) >= 11 is 5.87. The van der Waals surface area contributed by atoms with Crippen molar-refractivity contribution < 1.29 is 14.3 Å². The molecule has 0 aliphatic carbocycles. The second-order valence-corrected chi connectivity index (χ2v) is 5.79. The maximum atomic E-state index is 12.4. The molecule has 6 heteroatoms. The summed E-state index contributed by atoms with van der Waals surface area (Å²) in [5.74, 6) is -1.05. The van der Waals surface area contributed by atoms with E-state index in [1.54, 1.807) is 13.0 Å². The molecule has 1 heterocycles. The fraction of sp³-hybridized carbons (Fsp3) is 0.278. The minimum atomic E-state index is -0.907. The number of nitrogens with one attached hydrogen (secondary N) is 1. The van der Waals surface area contributed by atoms with Crippen molar-refractivity contribution in [2.45, 2.75) is 33.3 Å². The first-order chi connectivity index (χ1) is 11.4. The van der Waals surface area contributed by atoms with Crippen molar-refractivity contribution in [2.75, 3.05) is 5.32 Å². The van der Waals surface area contributed by atoms with Crippen LogP contribution in [-0.4, -0.2) is 23.0 Å². The third-order valence-corrected chi connectivity index (χ3v) is 3.97. The molecule has 2 rings (SSSR count). The topological polar surface area (TPSA) is 68.3 Å². The Hall–Kier alpha value is -2.40. The number of benzene rings is 1. The Balaban J connectivity index is 2.07. The number of aromatic nitrogens is 1. The first-order valence-corrected chi connectivity index (χ1v) is 7.99. The van der Waals surface area contributed by atoms with Crippen molar-refractivity contribution in [1.82, 2.24) is 4.98 Å². The molecule has 0 bridgehead atoms. The summed E-state index contributed by atoms with van der Waals surface area (Å²) in [6.45, 7) is 5.73. The van der Waals surface area contributed by atoms with Crippen LogP contribution >= 0.6 is 11.6 Å². The Labute approximate surface area is 146 Å². The summed E-state index contributed by atoms with van der Waals surface area (Å²) in [4.78, 5) is 28.3. The number of aryl methyl sites for hydroxylation is 2. The van der Waals surface area contributed by atoms with E-state index in [9.17, 15) is 9.59 Å². The van der Waals surface area contributed by atoms with Gasteiger partial charge in [-0.15, -0.1) is 0 Å². The van der Waals surface area contributed by atoms with Gasteiger partial charge in [0.05, 0.1) is 5.56 Å². The maximum Gasteiger partial charge on any atom is 0.342 e. The fourth-order valence-electron chi connectivity index (χ4n) is 2.10. The first-order valence-electron chi connectivity index (χ1n) is 7.62. The van der Waals surface area contributed by atoms with Gasteiger partial charge in [-0.1, -0.05) is 24.6 Å². The summed E-state index contributed by atoms with van der Waals surface area (Å²) in [5, 5.41) is 2.82. The second-order valence-electron chi connectivity index (χ2n) is 5.43. The fourth-order valence-corrected chi connectivity index (χ4v) is 2.29. The predicted octanol–water partition coefficient (Wildman–Crippen LogP) is 3.93. The van der Waals surface area contributed by atoms with Crippen LogP contribution in [0.25, 0.3) is 0 Å². The standard InChI is InChI=1S/C18H19ClN2O3/c1-4-15(24-18(23)14-6-5-9-20-16(14)19)17(22)21-13-8-7-11(2)12(3)10-13/h5-10,15H,4H2,1-3H3,(H,21,22). The van der Waals surface area contributed by atoms with Crippen LogP contribution in [0.1, 0.15) is 34.8 Å². The van der Waals surface area contributed by atoms with Gasteiger partial charge < -0.3 is 10.1 Å². The van der Waals surface area contributed by atoms with Crippen LogP contribution in [0, 0.1) is 13.8 Å². The zero-order chi connectivity index (χ0) is 17.7. The van der Waals surface area contributed by atoms with E-state index in [0.717, 1.165) is 11.1 Å².